The molecule has 1 fully saturated rings. The lowest BCUT2D eigenvalue weighted by molar-refractivity contribution is -0.0215. The van der Waals surface area contributed by atoms with Gasteiger partial charge in [0.1, 0.15) is 11.4 Å². The molecule has 22 heavy (non-hydrogen) atoms. The van der Waals surface area contributed by atoms with Gasteiger partial charge in [0.15, 0.2) is 0 Å². The Morgan fingerprint density at radius 3 is 2.59 bits per heavy atom. The van der Waals surface area contributed by atoms with E-state index in [9.17, 15) is 19.4 Å². The lowest BCUT2D eigenvalue weighted by atomic mass is 9.77. The Hall–Kier alpha value is -1.66. The van der Waals surface area contributed by atoms with E-state index in [1.54, 1.807) is 39.0 Å². The second kappa shape index (κ2) is 5.85. The van der Waals surface area contributed by atoms with Crippen molar-refractivity contribution in [3.05, 3.63) is 35.6 Å². The molecule has 0 aromatic heterocycles. The topological polar surface area (TPSA) is 70.0 Å². The number of rotatable bonds is 3. The minimum atomic E-state index is -1.25. The molecule has 1 aliphatic rings. The largest absolute Gasteiger partial charge is 0.465 e. The predicted octanol–water partition coefficient (Wildman–Crippen LogP) is 2.44. The van der Waals surface area contributed by atoms with Gasteiger partial charge in [-0.15, -0.1) is 0 Å². The van der Waals surface area contributed by atoms with E-state index in [1.807, 2.05) is 0 Å². The van der Waals surface area contributed by atoms with E-state index < -0.39 is 28.9 Å². The Balaban J connectivity index is 2.71. The summed E-state index contributed by atoms with van der Waals surface area (Å²) in [7, 11) is 0. The van der Waals surface area contributed by atoms with Crippen LogP contribution in [0.15, 0.2) is 24.3 Å². The Morgan fingerprint density at radius 2 is 2.09 bits per heavy atom. The number of amides is 1. The monoisotopic (exact) mass is 311 g/mol. The minimum absolute atomic E-state index is 0.0166. The van der Waals surface area contributed by atoms with Gasteiger partial charge in [0.2, 0.25) is 0 Å². The highest BCUT2D eigenvalue weighted by Crippen LogP contribution is 2.45. The van der Waals surface area contributed by atoms with Gasteiger partial charge in [-0.25, -0.2) is 9.18 Å². The van der Waals surface area contributed by atoms with Crippen LogP contribution in [0.2, 0.25) is 0 Å². The van der Waals surface area contributed by atoms with Crippen molar-refractivity contribution in [1.29, 1.82) is 0 Å². The van der Waals surface area contributed by atoms with Crippen molar-refractivity contribution in [2.75, 3.05) is 19.8 Å². The van der Waals surface area contributed by atoms with Crippen LogP contribution in [0.5, 0.6) is 0 Å². The van der Waals surface area contributed by atoms with Crippen molar-refractivity contribution in [3.63, 3.8) is 0 Å². The summed E-state index contributed by atoms with van der Waals surface area (Å²) in [6, 6.07) is 6.08. The molecule has 2 unspecified atom stereocenters. The van der Waals surface area contributed by atoms with Gasteiger partial charge in [0.25, 0.3) is 0 Å². The second-order valence-electron chi connectivity index (χ2n) is 6.59. The van der Waals surface area contributed by atoms with Crippen LogP contribution in [0.1, 0.15) is 26.3 Å². The number of ether oxygens (including phenoxy) is 1. The molecule has 2 N–H and O–H groups in total. The molecule has 5 nitrogen and oxygen atoms in total. The van der Waals surface area contributed by atoms with E-state index in [0.29, 0.717) is 0 Å². The number of carbonyl (C=O) groups is 1. The summed E-state index contributed by atoms with van der Waals surface area (Å²) in [5.41, 5.74) is -1.79. The third-order valence-corrected chi connectivity index (χ3v) is 4.14. The Bertz CT molecular complexity index is 557. The molecule has 2 atom stereocenters. The van der Waals surface area contributed by atoms with Gasteiger partial charge in [-0.2, -0.15) is 0 Å². The van der Waals surface area contributed by atoms with Crippen molar-refractivity contribution in [2.24, 2.45) is 5.92 Å². The molecule has 0 bridgehead atoms. The Kier molecular flexibility index (Phi) is 4.44. The van der Waals surface area contributed by atoms with Gasteiger partial charge in [0.05, 0.1) is 19.8 Å². The molecule has 0 aliphatic carbocycles. The maximum absolute atomic E-state index is 14.5. The molecular formula is C16H22FNO4. The zero-order chi connectivity index (χ0) is 16.5. The van der Waals surface area contributed by atoms with Crippen LogP contribution in [-0.4, -0.2) is 46.6 Å². The lowest BCUT2D eigenvalue weighted by Gasteiger charge is -2.49. The third-order valence-electron chi connectivity index (χ3n) is 4.14. The minimum Gasteiger partial charge on any atom is -0.465 e. The van der Waals surface area contributed by atoms with Gasteiger partial charge >= 0.3 is 6.09 Å². The normalized spacial score (nSPS) is 25.2. The van der Waals surface area contributed by atoms with Crippen LogP contribution in [0.25, 0.3) is 0 Å². The highest BCUT2D eigenvalue weighted by Gasteiger charge is 2.56. The molecule has 122 valence electrons. The number of aliphatic hydroxyl groups is 1. The smallest absolute Gasteiger partial charge is 0.408 e. The molecule has 1 aromatic carbocycles. The van der Waals surface area contributed by atoms with E-state index in [4.69, 9.17) is 4.74 Å². The van der Waals surface area contributed by atoms with Crippen LogP contribution in [0, 0.1) is 11.7 Å². The number of aliphatic hydroxyl groups excluding tert-OH is 1. The average molecular weight is 311 g/mol. The molecule has 6 heteroatoms. The van der Waals surface area contributed by atoms with Gasteiger partial charge in [-0.3, -0.25) is 4.90 Å². The van der Waals surface area contributed by atoms with Crippen LogP contribution < -0.4 is 0 Å². The first-order chi connectivity index (χ1) is 10.2. The maximum atomic E-state index is 14.5. The van der Waals surface area contributed by atoms with Gasteiger partial charge in [-0.05, 0) is 26.8 Å². The van der Waals surface area contributed by atoms with E-state index in [-0.39, 0.29) is 25.4 Å². The summed E-state index contributed by atoms with van der Waals surface area (Å²) >= 11 is 0. The summed E-state index contributed by atoms with van der Waals surface area (Å²) in [5.74, 6) is -1.03. The summed E-state index contributed by atoms with van der Waals surface area (Å²) in [5, 5.41) is 19.5. The van der Waals surface area contributed by atoms with Gasteiger partial charge in [0, 0.05) is 17.0 Å². The summed E-state index contributed by atoms with van der Waals surface area (Å²) in [6.45, 7) is 5.16. The van der Waals surface area contributed by atoms with Crippen molar-refractivity contribution in [2.45, 2.75) is 31.8 Å². The average Bonchev–Trinajstić information content (AvgIpc) is 2.81. The van der Waals surface area contributed by atoms with Crippen molar-refractivity contribution in [3.8, 4) is 0 Å². The SMILES string of the molecule is CC(C)(C)N(C(=O)O)C1(c2ccccc2F)COCC1CO. The van der Waals surface area contributed by atoms with Crippen LogP contribution >= 0.6 is 0 Å². The number of hydrogen-bond donors (Lipinski definition) is 2. The fourth-order valence-corrected chi connectivity index (χ4v) is 3.35. The van der Waals surface area contributed by atoms with Crippen LogP contribution in [0.4, 0.5) is 9.18 Å². The molecule has 0 spiro atoms. The summed E-state index contributed by atoms with van der Waals surface area (Å²) < 4.78 is 19.9. The molecular weight excluding hydrogens is 289 g/mol. The first kappa shape index (κ1) is 16.7. The number of carboxylic acid groups (broad SMARTS) is 1. The van der Waals surface area contributed by atoms with E-state index in [1.165, 1.54) is 11.0 Å². The summed E-state index contributed by atoms with van der Waals surface area (Å²) in [6.07, 6.45) is -1.17. The quantitative estimate of drug-likeness (QED) is 0.899. The zero-order valence-corrected chi connectivity index (χ0v) is 13.0. The van der Waals surface area contributed by atoms with E-state index >= 15 is 0 Å². The summed E-state index contributed by atoms with van der Waals surface area (Å²) in [4.78, 5) is 13.2. The van der Waals surface area contributed by atoms with E-state index in [0.717, 1.165) is 0 Å². The van der Waals surface area contributed by atoms with Gasteiger partial charge in [-0.1, -0.05) is 18.2 Å². The fourth-order valence-electron chi connectivity index (χ4n) is 3.35. The van der Waals surface area contributed by atoms with Crippen LogP contribution in [-0.2, 0) is 10.3 Å². The number of halogens is 1. The van der Waals surface area contributed by atoms with Crippen molar-refractivity contribution in [1.82, 2.24) is 4.90 Å². The van der Waals surface area contributed by atoms with Crippen LogP contribution in [0.3, 0.4) is 0 Å². The highest BCUT2D eigenvalue weighted by atomic mass is 19.1. The molecule has 2 rings (SSSR count). The lowest BCUT2D eigenvalue weighted by Crippen LogP contribution is -2.61. The molecule has 1 heterocycles. The number of nitrogens with zero attached hydrogens (tertiary/aromatic N) is 1. The number of hydrogen-bond acceptors (Lipinski definition) is 3. The predicted molar refractivity (Wildman–Crippen MR) is 79.1 cm³/mol. The molecule has 1 aromatic rings. The molecule has 0 radical (unpaired) electrons. The Labute approximate surface area is 129 Å². The second-order valence-corrected chi connectivity index (χ2v) is 6.59. The molecule has 0 saturated carbocycles. The first-order valence-corrected chi connectivity index (χ1v) is 7.22. The standard InChI is InChI=1S/C16H22FNO4/c1-15(2,3)18(14(20)21)16(10-22-9-11(16)8-19)12-6-4-5-7-13(12)17/h4-7,11,19H,8-10H2,1-3H3,(H,20,21). The van der Waals surface area contributed by atoms with E-state index in [2.05, 4.69) is 0 Å². The highest BCUT2D eigenvalue weighted by molar-refractivity contribution is 5.68. The third kappa shape index (κ3) is 2.57. The van der Waals surface area contributed by atoms with Crippen molar-refractivity contribution < 1.29 is 24.1 Å². The van der Waals surface area contributed by atoms with Crippen molar-refractivity contribution >= 4 is 6.09 Å². The van der Waals surface area contributed by atoms with Gasteiger partial charge < -0.3 is 14.9 Å². The Morgan fingerprint density at radius 1 is 1.45 bits per heavy atom. The fraction of sp³-hybridized carbons (Fsp3) is 0.562. The number of benzene rings is 1. The molecule has 1 saturated heterocycles. The molecule has 1 aliphatic heterocycles. The molecule has 1 amide bonds. The first-order valence-electron chi connectivity index (χ1n) is 7.22. The maximum Gasteiger partial charge on any atom is 0.408 e. The zero-order valence-electron chi connectivity index (χ0n) is 13.0.